The Morgan fingerprint density at radius 1 is 1.20 bits per heavy atom. The number of likely N-dealkylation sites (tertiary alicyclic amines) is 1. The quantitative estimate of drug-likeness (QED) is 0.839. The molecule has 1 aromatic carbocycles. The summed E-state index contributed by atoms with van der Waals surface area (Å²) < 4.78 is 1.99. The van der Waals surface area contributed by atoms with Gasteiger partial charge in [-0.25, -0.2) is 0 Å². The van der Waals surface area contributed by atoms with Crippen LogP contribution in [0.2, 0.25) is 0 Å². The molecule has 1 saturated heterocycles. The van der Waals surface area contributed by atoms with Crippen LogP contribution >= 0.6 is 0 Å². The number of hydrogen-bond acceptors (Lipinski definition) is 2. The van der Waals surface area contributed by atoms with E-state index < -0.39 is 0 Å². The van der Waals surface area contributed by atoms with E-state index in [0.29, 0.717) is 32.5 Å². The van der Waals surface area contributed by atoms with Crippen LogP contribution in [-0.2, 0) is 16.1 Å². The Hall–Kier alpha value is -2.10. The Morgan fingerprint density at radius 3 is 2.70 bits per heavy atom. The van der Waals surface area contributed by atoms with Crippen molar-refractivity contribution in [3.05, 3.63) is 36.0 Å². The number of hydrogen-bond donors (Lipinski definition) is 0. The van der Waals surface area contributed by atoms with Crippen molar-refractivity contribution in [3.8, 4) is 0 Å². The maximum atomic E-state index is 12.3. The topological polar surface area (TPSA) is 42.3 Å². The van der Waals surface area contributed by atoms with E-state index in [9.17, 15) is 9.59 Å². The second-order valence-corrected chi connectivity index (χ2v) is 5.43. The molecule has 2 heterocycles. The summed E-state index contributed by atoms with van der Waals surface area (Å²) in [5.74, 6) is 0.354. The maximum absolute atomic E-state index is 12.3. The van der Waals surface area contributed by atoms with E-state index in [1.54, 1.807) is 4.90 Å². The van der Waals surface area contributed by atoms with Gasteiger partial charge in [0.2, 0.25) is 5.91 Å². The Bertz CT molecular complexity index is 662. The van der Waals surface area contributed by atoms with E-state index in [4.69, 9.17) is 0 Å². The average molecular weight is 270 g/mol. The maximum Gasteiger partial charge on any atom is 0.242 e. The summed E-state index contributed by atoms with van der Waals surface area (Å²) >= 11 is 0. The Labute approximate surface area is 118 Å². The van der Waals surface area contributed by atoms with Crippen molar-refractivity contribution in [3.63, 3.8) is 0 Å². The molecule has 0 bridgehead atoms. The van der Waals surface area contributed by atoms with Crippen LogP contribution in [0.1, 0.15) is 18.4 Å². The van der Waals surface area contributed by atoms with Crippen molar-refractivity contribution in [1.29, 1.82) is 0 Å². The van der Waals surface area contributed by atoms with Gasteiger partial charge in [0.1, 0.15) is 12.3 Å². The summed E-state index contributed by atoms with van der Waals surface area (Å²) in [5, 5.41) is 1.15. The monoisotopic (exact) mass is 270 g/mol. The SMILES string of the molecule is Cc1ccc2ccn(CC(=O)N3CCC(=O)CC3)c2c1. The zero-order chi connectivity index (χ0) is 14.1. The van der Waals surface area contributed by atoms with Crippen LogP contribution in [0.25, 0.3) is 10.9 Å². The number of Topliss-reactive ketones (excluding diaryl/α,β-unsaturated/α-hetero) is 1. The van der Waals surface area contributed by atoms with E-state index in [2.05, 4.69) is 25.1 Å². The lowest BCUT2D eigenvalue weighted by molar-refractivity contribution is -0.135. The second kappa shape index (κ2) is 5.12. The zero-order valence-electron chi connectivity index (χ0n) is 11.6. The summed E-state index contributed by atoms with van der Waals surface area (Å²) in [4.78, 5) is 25.3. The molecule has 0 saturated carbocycles. The molecule has 0 aliphatic carbocycles. The highest BCUT2D eigenvalue weighted by molar-refractivity contribution is 5.85. The van der Waals surface area contributed by atoms with Crippen molar-refractivity contribution >= 4 is 22.6 Å². The molecule has 0 atom stereocenters. The molecule has 1 aliphatic rings. The standard InChI is InChI=1S/C16H18N2O2/c1-12-2-3-13-4-7-18(15(13)10-12)11-16(20)17-8-5-14(19)6-9-17/h2-4,7,10H,5-6,8-9,11H2,1H3. The summed E-state index contributed by atoms with van der Waals surface area (Å²) in [6.45, 7) is 3.53. The van der Waals surface area contributed by atoms with Gasteiger partial charge in [0.05, 0.1) is 0 Å². The molecule has 2 aromatic rings. The first-order chi connectivity index (χ1) is 9.63. The van der Waals surface area contributed by atoms with Crippen LogP contribution in [0.15, 0.2) is 30.5 Å². The molecular formula is C16H18N2O2. The molecule has 104 valence electrons. The molecule has 1 fully saturated rings. The summed E-state index contributed by atoms with van der Waals surface area (Å²) in [7, 11) is 0. The lowest BCUT2D eigenvalue weighted by atomic mass is 10.1. The van der Waals surface area contributed by atoms with E-state index in [1.807, 2.05) is 16.8 Å². The summed E-state index contributed by atoms with van der Waals surface area (Å²) in [6.07, 6.45) is 2.95. The van der Waals surface area contributed by atoms with Gasteiger partial charge in [-0.3, -0.25) is 9.59 Å². The van der Waals surface area contributed by atoms with Crippen LogP contribution < -0.4 is 0 Å². The highest BCUT2D eigenvalue weighted by Crippen LogP contribution is 2.18. The van der Waals surface area contributed by atoms with Gasteiger partial charge >= 0.3 is 0 Å². The minimum Gasteiger partial charge on any atom is -0.340 e. The predicted octanol–water partition coefficient (Wildman–Crippen LogP) is 2.14. The van der Waals surface area contributed by atoms with Crippen LogP contribution in [0.3, 0.4) is 0 Å². The summed E-state index contributed by atoms with van der Waals surface area (Å²) in [6, 6.07) is 8.28. The second-order valence-electron chi connectivity index (χ2n) is 5.43. The number of piperidine rings is 1. The van der Waals surface area contributed by atoms with Crippen LogP contribution in [-0.4, -0.2) is 34.2 Å². The Balaban J connectivity index is 1.77. The van der Waals surface area contributed by atoms with E-state index in [-0.39, 0.29) is 11.7 Å². The molecular weight excluding hydrogens is 252 g/mol. The molecule has 1 amide bonds. The fraction of sp³-hybridized carbons (Fsp3) is 0.375. The first-order valence-corrected chi connectivity index (χ1v) is 6.98. The fourth-order valence-electron chi connectivity index (χ4n) is 2.68. The smallest absolute Gasteiger partial charge is 0.242 e. The van der Waals surface area contributed by atoms with Gasteiger partial charge in [0.15, 0.2) is 0 Å². The van der Waals surface area contributed by atoms with Gasteiger partial charge in [0.25, 0.3) is 0 Å². The fourth-order valence-corrected chi connectivity index (χ4v) is 2.68. The number of aryl methyl sites for hydroxylation is 1. The highest BCUT2D eigenvalue weighted by atomic mass is 16.2. The van der Waals surface area contributed by atoms with Crippen LogP contribution in [0, 0.1) is 6.92 Å². The molecule has 1 aliphatic heterocycles. The third-order valence-corrected chi connectivity index (χ3v) is 3.91. The first-order valence-electron chi connectivity index (χ1n) is 6.98. The first kappa shape index (κ1) is 12.9. The third kappa shape index (κ3) is 2.46. The molecule has 20 heavy (non-hydrogen) atoms. The van der Waals surface area contributed by atoms with E-state index in [1.165, 1.54) is 5.56 Å². The Kier molecular flexibility index (Phi) is 3.30. The van der Waals surface area contributed by atoms with Gasteiger partial charge in [0, 0.05) is 37.6 Å². The number of nitrogens with zero attached hydrogens (tertiary/aromatic N) is 2. The van der Waals surface area contributed by atoms with Gasteiger partial charge in [-0.05, 0) is 30.0 Å². The molecule has 4 nitrogen and oxygen atoms in total. The minimum absolute atomic E-state index is 0.0940. The molecule has 4 heteroatoms. The van der Waals surface area contributed by atoms with Gasteiger partial charge in [-0.2, -0.15) is 0 Å². The number of fused-ring (bicyclic) bond motifs is 1. The largest absolute Gasteiger partial charge is 0.340 e. The van der Waals surface area contributed by atoms with Crippen molar-refractivity contribution in [2.24, 2.45) is 0 Å². The van der Waals surface area contributed by atoms with Crippen molar-refractivity contribution in [1.82, 2.24) is 9.47 Å². The van der Waals surface area contributed by atoms with Gasteiger partial charge in [-0.15, -0.1) is 0 Å². The van der Waals surface area contributed by atoms with E-state index in [0.717, 1.165) is 10.9 Å². The number of carbonyl (C=O) groups is 2. The number of carbonyl (C=O) groups excluding carboxylic acids is 2. The van der Waals surface area contributed by atoms with Gasteiger partial charge < -0.3 is 9.47 Å². The predicted molar refractivity (Wildman–Crippen MR) is 77.5 cm³/mol. The van der Waals surface area contributed by atoms with Crippen molar-refractivity contribution in [2.45, 2.75) is 26.3 Å². The summed E-state index contributed by atoms with van der Waals surface area (Å²) in [5.41, 5.74) is 2.28. The molecule has 0 spiro atoms. The van der Waals surface area contributed by atoms with Crippen LogP contribution in [0.4, 0.5) is 0 Å². The number of ketones is 1. The normalized spacial score (nSPS) is 15.8. The average Bonchev–Trinajstić information content (AvgIpc) is 2.82. The number of rotatable bonds is 2. The number of amides is 1. The molecule has 0 radical (unpaired) electrons. The Morgan fingerprint density at radius 2 is 1.95 bits per heavy atom. The molecule has 3 rings (SSSR count). The van der Waals surface area contributed by atoms with Crippen LogP contribution in [0.5, 0.6) is 0 Å². The molecule has 0 unspecified atom stereocenters. The number of aromatic nitrogens is 1. The molecule has 1 aromatic heterocycles. The van der Waals surface area contributed by atoms with Gasteiger partial charge in [-0.1, -0.05) is 12.1 Å². The minimum atomic E-state index is 0.0940. The highest BCUT2D eigenvalue weighted by Gasteiger charge is 2.21. The number of benzene rings is 1. The third-order valence-electron chi connectivity index (χ3n) is 3.91. The van der Waals surface area contributed by atoms with Crippen molar-refractivity contribution < 1.29 is 9.59 Å². The lowest BCUT2D eigenvalue weighted by Crippen LogP contribution is -2.40. The van der Waals surface area contributed by atoms with Crippen molar-refractivity contribution in [2.75, 3.05) is 13.1 Å². The zero-order valence-corrected chi connectivity index (χ0v) is 11.6. The molecule has 0 N–H and O–H groups in total. The lowest BCUT2D eigenvalue weighted by Gasteiger charge is -2.26. The van der Waals surface area contributed by atoms with E-state index >= 15 is 0 Å².